The van der Waals surface area contributed by atoms with E-state index in [0.717, 1.165) is 16.7 Å². The molecule has 6 nitrogen and oxygen atoms in total. The van der Waals surface area contributed by atoms with Crippen LogP contribution >= 0.6 is 0 Å². The Morgan fingerprint density at radius 3 is 1.45 bits per heavy atom. The van der Waals surface area contributed by atoms with Gasteiger partial charge in [-0.05, 0) is 64.7 Å². The zero-order valence-corrected chi connectivity index (χ0v) is 23.6. The fourth-order valence-electron chi connectivity index (χ4n) is 5.30. The van der Waals surface area contributed by atoms with E-state index in [9.17, 15) is 14.4 Å². The molecule has 0 unspecified atom stereocenters. The van der Waals surface area contributed by atoms with Crippen LogP contribution < -0.4 is 14.8 Å². The third-order valence-corrected chi connectivity index (χ3v) is 7.35. The van der Waals surface area contributed by atoms with Crippen LogP contribution in [0.5, 0.6) is 11.5 Å². The molecule has 5 aromatic rings. The Kier molecular flexibility index (Phi) is 7.97. The molecular weight excluding hydrogens is 550 g/mol. The van der Waals surface area contributed by atoms with E-state index in [0.29, 0.717) is 28.3 Å². The van der Waals surface area contributed by atoms with Crippen LogP contribution in [0.15, 0.2) is 146 Å². The second-order valence-corrected chi connectivity index (χ2v) is 10.1. The van der Waals surface area contributed by atoms with Crippen molar-refractivity contribution in [2.75, 3.05) is 5.32 Å². The number of rotatable bonds is 8. The minimum atomic E-state index is -1.18. The molecule has 44 heavy (non-hydrogen) atoms. The first-order valence-electron chi connectivity index (χ1n) is 14.0. The molecular formula is C38H27NO5. The molecule has 0 spiro atoms. The smallest absolute Gasteiger partial charge is 0.336 e. The first-order chi connectivity index (χ1) is 21.5. The highest BCUT2D eigenvalue weighted by atomic mass is 16.5. The fourth-order valence-corrected chi connectivity index (χ4v) is 5.30. The second-order valence-electron chi connectivity index (χ2n) is 10.1. The Morgan fingerprint density at radius 1 is 0.545 bits per heavy atom. The molecule has 0 radical (unpaired) electrons. The van der Waals surface area contributed by atoms with Crippen LogP contribution in [-0.4, -0.2) is 17.8 Å². The normalized spacial score (nSPS) is 13.4. The summed E-state index contributed by atoms with van der Waals surface area (Å²) >= 11 is 0. The Morgan fingerprint density at radius 2 is 0.977 bits per heavy atom. The van der Waals surface area contributed by atoms with Gasteiger partial charge in [0, 0.05) is 23.4 Å². The predicted molar refractivity (Wildman–Crippen MR) is 170 cm³/mol. The lowest BCUT2D eigenvalue weighted by atomic mass is 9.70. The summed E-state index contributed by atoms with van der Waals surface area (Å²) in [6, 6.07) is 40.3. The predicted octanol–water partition coefficient (Wildman–Crippen LogP) is 7.21. The maximum absolute atomic E-state index is 13.8. The Bertz CT molecular complexity index is 1750. The number of esters is 2. The number of amides is 1. The number of hydrogen-bond donors (Lipinski definition) is 1. The molecule has 0 bridgehead atoms. The van der Waals surface area contributed by atoms with Gasteiger partial charge in [-0.1, -0.05) is 103 Å². The summed E-state index contributed by atoms with van der Waals surface area (Å²) in [6.07, 6.45) is 6.12. The standard InChI is InChI=1S/C38H27NO5/c40-35(25-15-27-9-3-1-4-10-27)43-31-21-17-29(18-22-31)38(33-13-7-8-14-34(33)39-37(38)42)30-19-23-32(24-20-30)44-36(41)26-16-28-11-5-2-6-12-28/h1-26H,(H,39,42)/b25-15+,26-16+. The van der Waals surface area contributed by atoms with Crippen molar-refractivity contribution < 1.29 is 23.9 Å². The van der Waals surface area contributed by atoms with Crippen molar-refractivity contribution in [3.05, 3.63) is 173 Å². The number of para-hydroxylation sites is 1. The van der Waals surface area contributed by atoms with Gasteiger partial charge < -0.3 is 14.8 Å². The molecule has 0 saturated carbocycles. The van der Waals surface area contributed by atoms with Crippen molar-refractivity contribution in [2.24, 2.45) is 0 Å². The Labute approximate surface area is 254 Å². The lowest BCUT2D eigenvalue weighted by Crippen LogP contribution is -2.37. The van der Waals surface area contributed by atoms with E-state index in [-0.39, 0.29) is 5.91 Å². The lowest BCUT2D eigenvalue weighted by Gasteiger charge is -2.29. The first kappa shape index (κ1) is 28.1. The topological polar surface area (TPSA) is 81.7 Å². The molecule has 1 aliphatic rings. The molecule has 5 aromatic carbocycles. The summed E-state index contributed by atoms with van der Waals surface area (Å²) in [6.45, 7) is 0. The molecule has 0 saturated heterocycles. The van der Waals surface area contributed by atoms with Crippen molar-refractivity contribution in [3.8, 4) is 11.5 Å². The second kappa shape index (κ2) is 12.5. The van der Waals surface area contributed by atoms with Crippen LogP contribution in [0.1, 0.15) is 27.8 Å². The van der Waals surface area contributed by atoms with E-state index >= 15 is 0 Å². The van der Waals surface area contributed by atoms with Gasteiger partial charge in [0.15, 0.2) is 0 Å². The van der Waals surface area contributed by atoms with Crippen LogP contribution in [0.3, 0.4) is 0 Å². The van der Waals surface area contributed by atoms with Crippen molar-refractivity contribution in [1.82, 2.24) is 0 Å². The van der Waals surface area contributed by atoms with E-state index in [1.165, 1.54) is 12.2 Å². The van der Waals surface area contributed by atoms with Gasteiger partial charge in [-0.2, -0.15) is 0 Å². The molecule has 1 N–H and O–H groups in total. The summed E-state index contributed by atoms with van der Waals surface area (Å²) in [5.74, 6) is -0.536. The highest BCUT2D eigenvalue weighted by Gasteiger charge is 2.49. The van der Waals surface area contributed by atoms with Gasteiger partial charge >= 0.3 is 11.9 Å². The van der Waals surface area contributed by atoms with Gasteiger partial charge in [0.25, 0.3) is 0 Å². The summed E-state index contributed by atoms with van der Waals surface area (Å²) in [5.41, 5.74) is 3.47. The van der Waals surface area contributed by atoms with Crippen LogP contribution in [0, 0.1) is 0 Å². The van der Waals surface area contributed by atoms with Gasteiger partial charge in [0.1, 0.15) is 16.9 Å². The van der Waals surface area contributed by atoms with Crippen molar-refractivity contribution in [2.45, 2.75) is 5.41 Å². The van der Waals surface area contributed by atoms with E-state index in [2.05, 4.69) is 5.32 Å². The van der Waals surface area contributed by atoms with Gasteiger partial charge in [-0.15, -0.1) is 0 Å². The minimum Gasteiger partial charge on any atom is -0.423 e. The monoisotopic (exact) mass is 577 g/mol. The van der Waals surface area contributed by atoms with Crippen LogP contribution in [-0.2, 0) is 19.8 Å². The van der Waals surface area contributed by atoms with Crippen molar-refractivity contribution in [1.29, 1.82) is 0 Å². The first-order valence-corrected chi connectivity index (χ1v) is 14.0. The van der Waals surface area contributed by atoms with Crippen molar-refractivity contribution >= 4 is 35.7 Å². The van der Waals surface area contributed by atoms with E-state index in [4.69, 9.17) is 9.47 Å². The van der Waals surface area contributed by atoms with Gasteiger partial charge in [-0.25, -0.2) is 9.59 Å². The Balaban J connectivity index is 1.26. The molecule has 1 heterocycles. The van der Waals surface area contributed by atoms with Gasteiger partial charge in [0.05, 0.1) is 0 Å². The number of nitrogens with one attached hydrogen (secondary N) is 1. The zero-order chi connectivity index (χ0) is 30.4. The maximum Gasteiger partial charge on any atom is 0.336 e. The molecule has 1 aliphatic heterocycles. The number of hydrogen-bond acceptors (Lipinski definition) is 5. The minimum absolute atomic E-state index is 0.218. The molecule has 214 valence electrons. The SMILES string of the molecule is O=C(/C=C/c1ccccc1)Oc1ccc(C2(c3ccc(OC(=O)/C=C/c4ccccc4)cc3)C(=O)Nc3ccccc32)cc1. The summed E-state index contributed by atoms with van der Waals surface area (Å²) in [4.78, 5) is 38.7. The van der Waals surface area contributed by atoms with Gasteiger partial charge in [-0.3, -0.25) is 4.79 Å². The van der Waals surface area contributed by atoms with Crippen LogP contribution in [0.25, 0.3) is 12.2 Å². The van der Waals surface area contributed by atoms with E-state index in [1.807, 2.05) is 84.9 Å². The number of carbonyl (C=O) groups is 3. The van der Waals surface area contributed by atoms with Crippen LogP contribution in [0.4, 0.5) is 5.69 Å². The van der Waals surface area contributed by atoms with Gasteiger partial charge in [0.2, 0.25) is 5.91 Å². The number of fused-ring (bicyclic) bond motifs is 1. The maximum atomic E-state index is 13.8. The average Bonchev–Trinajstić information content (AvgIpc) is 3.37. The molecule has 0 aliphatic carbocycles. The summed E-state index contributed by atoms with van der Waals surface area (Å²) < 4.78 is 11.0. The molecule has 6 rings (SSSR count). The molecule has 0 atom stereocenters. The molecule has 0 aromatic heterocycles. The molecule has 1 amide bonds. The highest BCUT2D eigenvalue weighted by molar-refractivity contribution is 6.11. The average molecular weight is 578 g/mol. The zero-order valence-electron chi connectivity index (χ0n) is 23.6. The fraction of sp³-hybridized carbons (Fsp3) is 0.0263. The van der Waals surface area contributed by atoms with Crippen LogP contribution in [0.2, 0.25) is 0 Å². The third kappa shape index (κ3) is 5.82. The highest BCUT2D eigenvalue weighted by Crippen LogP contribution is 2.48. The third-order valence-electron chi connectivity index (χ3n) is 7.35. The lowest BCUT2D eigenvalue weighted by molar-refractivity contribution is -0.129. The quantitative estimate of drug-likeness (QED) is 0.120. The number of carbonyl (C=O) groups excluding carboxylic acids is 3. The summed E-state index contributed by atoms with van der Waals surface area (Å²) in [5, 5.41) is 3.02. The number of anilines is 1. The molecule has 6 heteroatoms. The van der Waals surface area contributed by atoms with Crippen molar-refractivity contribution in [3.63, 3.8) is 0 Å². The van der Waals surface area contributed by atoms with E-state index < -0.39 is 17.4 Å². The van der Waals surface area contributed by atoms with E-state index in [1.54, 1.807) is 60.7 Å². The largest absolute Gasteiger partial charge is 0.423 e. The Hall–Kier alpha value is -6.01. The summed E-state index contributed by atoms with van der Waals surface area (Å²) in [7, 11) is 0. The number of ether oxygens (including phenoxy) is 2. The number of benzene rings is 5. The molecule has 0 fully saturated rings.